The van der Waals surface area contributed by atoms with Crippen LogP contribution in [0.2, 0.25) is 25.7 Å². The Balaban J connectivity index is 1.43. The van der Waals surface area contributed by atoms with Crippen molar-refractivity contribution in [2.45, 2.75) is 52.2 Å². The summed E-state index contributed by atoms with van der Waals surface area (Å²) in [6, 6.07) is 7.34. The van der Waals surface area contributed by atoms with Gasteiger partial charge in [-0.15, -0.1) is 0 Å². The van der Waals surface area contributed by atoms with Gasteiger partial charge in [-0.2, -0.15) is 0 Å². The molecule has 0 aromatic carbocycles. The van der Waals surface area contributed by atoms with Crippen LogP contribution < -0.4 is 4.90 Å². The lowest BCUT2D eigenvalue weighted by Gasteiger charge is -2.20. The molecule has 2 aromatic heterocycles. The normalized spacial score (nSPS) is 20.1. The number of hydrogen-bond donors (Lipinski definition) is 0. The average Bonchev–Trinajstić information content (AvgIpc) is 3.13. The molecule has 2 aromatic rings. The Morgan fingerprint density at radius 3 is 2.61 bits per heavy atom. The van der Waals surface area contributed by atoms with Crippen molar-refractivity contribution in [2.24, 2.45) is 11.8 Å². The highest BCUT2D eigenvalue weighted by Crippen LogP contribution is 2.46. The first-order valence-corrected chi connectivity index (χ1v) is 15.0. The monoisotopic (exact) mass is 441 g/mol. The maximum atomic E-state index is 12.3. The topological polar surface area (TPSA) is 56.6 Å². The fraction of sp³-hybridized carbons (Fsp3) is 0.583. The number of anilines is 1. The minimum atomic E-state index is -1.14. The molecule has 0 amide bonds. The predicted octanol–water partition coefficient (Wildman–Crippen LogP) is 4.34. The van der Waals surface area contributed by atoms with Gasteiger partial charge in [0.25, 0.3) is 0 Å². The van der Waals surface area contributed by atoms with E-state index in [1.165, 1.54) is 19.1 Å². The molecule has 2 unspecified atom stereocenters. The zero-order valence-electron chi connectivity index (χ0n) is 19.5. The highest BCUT2D eigenvalue weighted by atomic mass is 28.3. The van der Waals surface area contributed by atoms with E-state index in [1.54, 1.807) is 0 Å². The molecule has 7 heteroatoms. The summed E-state index contributed by atoms with van der Waals surface area (Å²) in [4.78, 5) is 19.6. The summed E-state index contributed by atoms with van der Waals surface area (Å²) in [5, 5.41) is 0. The fourth-order valence-electron chi connectivity index (χ4n) is 4.34. The summed E-state index contributed by atoms with van der Waals surface area (Å²) in [5.41, 5.74) is 3.83. The largest absolute Gasteiger partial charge is 0.464 e. The average molecular weight is 442 g/mol. The third-order valence-corrected chi connectivity index (χ3v) is 8.16. The third kappa shape index (κ3) is 5.38. The van der Waals surface area contributed by atoms with Gasteiger partial charge in [-0.1, -0.05) is 25.7 Å². The van der Waals surface area contributed by atoms with Gasteiger partial charge < -0.3 is 18.9 Å². The lowest BCUT2D eigenvalue weighted by molar-refractivity contribution is 0.0540. The van der Waals surface area contributed by atoms with E-state index in [0.717, 1.165) is 54.5 Å². The smallest absolute Gasteiger partial charge is 0.354 e. The van der Waals surface area contributed by atoms with Gasteiger partial charge >= 0.3 is 5.97 Å². The minimum absolute atomic E-state index is 0.335. The van der Waals surface area contributed by atoms with Crippen molar-refractivity contribution in [1.29, 1.82) is 0 Å². The quantitative estimate of drug-likeness (QED) is 0.329. The van der Waals surface area contributed by atoms with Crippen LogP contribution in [-0.2, 0) is 22.6 Å². The molecule has 2 fully saturated rings. The lowest BCUT2D eigenvalue weighted by Crippen LogP contribution is -2.23. The summed E-state index contributed by atoms with van der Waals surface area (Å²) in [6.45, 7) is 12.5. The maximum absolute atomic E-state index is 12.3. The molecular weight excluding hydrogens is 406 g/mol. The van der Waals surface area contributed by atoms with Gasteiger partial charge in [-0.3, -0.25) is 0 Å². The van der Waals surface area contributed by atoms with Crippen molar-refractivity contribution in [1.82, 2.24) is 9.55 Å². The van der Waals surface area contributed by atoms with E-state index in [0.29, 0.717) is 19.0 Å². The summed E-state index contributed by atoms with van der Waals surface area (Å²) < 4.78 is 12.7. The Kier molecular flexibility index (Phi) is 6.26. The van der Waals surface area contributed by atoms with Gasteiger partial charge in [-0.25, -0.2) is 9.78 Å². The van der Waals surface area contributed by atoms with Gasteiger partial charge in [0.15, 0.2) is 0 Å². The Labute approximate surface area is 186 Å². The van der Waals surface area contributed by atoms with E-state index in [-0.39, 0.29) is 5.97 Å². The summed E-state index contributed by atoms with van der Waals surface area (Å²) in [6.07, 6.45) is 4.13. The predicted molar refractivity (Wildman–Crippen MR) is 125 cm³/mol. The number of methoxy groups -OCH3 is 1. The second kappa shape index (κ2) is 8.79. The van der Waals surface area contributed by atoms with Crippen molar-refractivity contribution in [3.05, 3.63) is 46.9 Å². The number of hydrogen-bond acceptors (Lipinski definition) is 5. The second-order valence-corrected chi connectivity index (χ2v) is 15.9. The zero-order chi connectivity index (χ0) is 22.2. The Hall–Kier alpha value is -2.12. The molecule has 1 saturated heterocycles. The number of ether oxygens (including phenoxy) is 2. The van der Waals surface area contributed by atoms with E-state index in [9.17, 15) is 4.79 Å². The van der Waals surface area contributed by atoms with Crippen LogP contribution >= 0.6 is 0 Å². The molecule has 3 heterocycles. The van der Waals surface area contributed by atoms with Crippen molar-refractivity contribution in [3.8, 4) is 0 Å². The molecule has 6 nitrogen and oxygen atoms in total. The van der Waals surface area contributed by atoms with Crippen LogP contribution in [0.4, 0.5) is 5.82 Å². The van der Waals surface area contributed by atoms with Crippen LogP contribution in [0.5, 0.6) is 0 Å². The number of esters is 1. The number of aryl methyl sites for hydroxylation is 1. The molecule has 0 spiro atoms. The summed E-state index contributed by atoms with van der Waals surface area (Å²) in [5.74, 6) is 2.55. The van der Waals surface area contributed by atoms with E-state index >= 15 is 0 Å². The van der Waals surface area contributed by atoms with Crippen molar-refractivity contribution in [3.63, 3.8) is 0 Å². The Morgan fingerprint density at radius 1 is 1.23 bits per heavy atom. The van der Waals surface area contributed by atoms with Crippen LogP contribution in [0.3, 0.4) is 0 Å². The van der Waals surface area contributed by atoms with Crippen LogP contribution in [0.15, 0.2) is 24.4 Å². The molecule has 2 aliphatic rings. The third-order valence-electron chi connectivity index (χ3n) is 6.45. The van der Waals surface area contributed by atoms with Crippen LogP contribution in [0, 0.1) is 18.8 Å². The molecule has 31 heavy (non-hydrogen) atoms. The van der Waals surface area contributed by atoms with Crippen LogP contribution in [0.1, 0.15) is 33.7 Å². The van der Waals surface area contributed by atoms with Gasteiger partial charge in [0.1, 0.15) is 18.2 Å². The number of rotatable bonds is 9. The molecule has 1 aliphatic heterocycles. The number of carbonyl (C=O) groups excluding carboxylic acids is 1. The van der Waals surface area contributed by atoms with Gasteiger partial charge in [0, 0.05) is 46.1 Å². The van der Waals surface area contributed by atoms with Crippen molar-refractivity contribution in [2.75, 3.05) is 31.7 Å². The zero-order valence-corrected chi connectivity index (χ0v) is 20.5. The number of nitrogens with zero attached hydrogens (tertiary/aromatic N) is 3. The van der Waals surface area contributed by atoms with Gasteiger partial charge in [-0.05, 0) is 54.5 Å². The molecule has 168 valence electrons. The summed E-state index contributed by atoms with van der Waals surface area (Å²) >= 11 is 0. The van der Waals surface area contributed by atoms with Gasteiger partial charge in [0.2, 0.25) is 0 Å². The molecule has 2 atom stereocenters. The number of pyridine rings is 1. The van der Waals surface area contributed by atoms with E-state index in [4.69, 9.17) is 14.5 Å². The SMILES string of the molecule is COC(=O)c1cc(Cc2ccc(N3CC4CC4C3)nc2C)cn1COCC[Si](C)(C)C. The Bertz CT molecular complexity index is 940. The van der Waals surface area contributed by atoms with Crippen LogP contribution in [0.25, 0.3) is 0 Å². The number of piperidine rings is 1. The molecular formula is C24H35N3O3Si. The second-order valence-electron chi connectivity index (χ2n) is 10.3. The standard InChI is InChI=1S/C24H35N3O3Si/c1-17-19(6-7-23(25-17)26-14-20-12-21(20)15-26)10-18-11-22(24(28)29-2)27(13-18)16-30-8-9-31(3,4)5/h6-7,11,13,20-21H,8-10,12,14-16H2,1-5H3. The van der Waals surface area contributed by atoms with E-state index < -0.39 is 8.07 Å². The first-order chi connectivity index (χ1) is 14.7. The molecule has 4 rings (SSSR count). The summed E-state index contributed by atoms with van der Waals surface area (Å²) in [7, 11) is 0.275. The fourth-order valence-corrected chi connectivity index (χ4v) is 5.09. The highest BCUT2D eigenvalue weighted by molar-refractivity contribution is 6.76. The van der Waals surface area contributed by atoms with Crippen LogP contribution in [-0.4, -0.2) is 50.4 Å². The van der Waals surface area contributed by atoms with Gasteiger partial charge in [0.05, 0.1) is 7.11 Å². The maximum Gasteiger partial charge on any atom is 0.354 e. The first kappa shape index (κ1) is 22.1. The molecule has 1 aliphatic carbocycles. The lowest BCUT2D eigenvalue weighted by atomic mass is 10.1. The minimum Gasteiger partial charge on any atom is -0.464 e. The number of fused-ring (bicyclic) bond motifs is 1. The number of carbonyl (C=O) groups is 1. The van der Waals surface area contributed by atoms with Crippen molar-refractivity contribution < 1.29 is 14.3 Å². The Morgan fingerprint density at radius 2 is 1.97 bits per heavy atom. The molecule has 0 N–H and O–H groups in total. The first-order valence-electron chi connectivity index (χ1n) is 11.3. The number of aromatic nitrogens is 2. The van der Waals surface area contributed by atoms with E-state index in [1.807, 2.05) is 16.8 Å². The highest BCUT2D eigenvalue weighted by Gasteiger charge is 2.45. The molecule has 1 saturated carbocycles. The molecule has 0 radical (unpaired) electrons. The molecule has 0 bridgehead atoms. The van der Waals surface area contributed by atoms with Crippen molar-refractivity contribution >= 4 is 19.9 Å². The van der Waals surface area contributed by atoms with E-state index in [2.05, 4.69) is 43.6 Å².